The second-order valence-electron chi connectivity index (χ2n) is 4.59. The first kappa shape index (κ1) is 15.5. The van der Waals surface area contributed by atoms with Gasteiger partial charge in [0.2, 0.25) is 10.0 Å². The third-order valence-corrected chi connectivity index (χ3v) is 5.60. The molecule has 0 saturated heterocycles. The van der Waals surface area contributed by atoms with Gasteiger partial charge in [0, 0.05) is 24.7 Å². The van der Waals surface area contributed by atoms with Gasteiger partial charge in [-0.25, -0.2) is 8.42 Å². The van der Waals surface area contributed by atoms with Gasteiger partial charge in [-0.05, 0) is 30.2 Å². The van der Waals surface area contributed by atoms with Crippen LogP contribution in [-0.4, -0.2) is 39.5 Å². The Labute approximate surface area is 127 Å². The summed E-state index contributed by atoms with van der Waals surface area (Å²) in [5.41, 5.74) is 7.19. The van der Waals surface area contributed by atoms with Crippen LogP contribution in [0.25, 0.3) is 0 Å². The Morgan fingerprint density at radius 3 is 2.80 bits per heavy atom. The largest absolute Gasteiger partial charge is 0.398 e. The van der Waals surface area contributed by atoms with Crippen molar-refractivity contribution in [1.82, 2.24) is 4.31 Å². The van der Waals surface area contributed by atoms with Crippen LogP contribution in [-0.2, 0) is 14.8 Å². The highest BCUT2D eigenvalue weighted by Crippen LogP contribution is 2.27. The summed E-state index contributed by atoms with van der Waals surface area (Å²) in [4.78, 5) is 0.149. The molecule has 7 heteroatoms. The summed E-state index contributed by atoms with van der Waals surface area (Å²) in [5.74, 6) is 0. The van der Waals surface area contributed by atoms with E-state index >= 15 is 0 Å². The second kappa shape index (κ2) is 6.26. The summed E-state index contributed by atoms with van der Waals surface area (Å²) >= 11 is 3.28. The molecule has 1 aromatic carbocycles. The number of hydrogen-bond acceptors (Lipinski definition) is 4. The molecule has 1 aliphatic heterocycles. The minimum absolute atomic E-state index is 0.149. The Morgan fingerprint density at radius 2 is 2.20 bits per heavy atom. The van der Waals surface area contributed by atoms with Crippen molar-refractivity contribution in [2.75, 3.05) is 32.5 Å². The number of benzene rings is 1. The fourth-order valence-corrected chi connectivity index (χ4v) is 4.13. The van der Waals surface area contributed by atoms with Crippen LogP contribution in [0.5, 0.6) is 0 Å². The van der Waals surface area contributed by atoms with Gasteiger partial charge in [-0.1, -0.05) is 22.0 Å². The maximum atomic E-state index is 12.6. The lowest BCUT2D eigenvalue weighted by molar-refractivity contribution is 0.219. The standard InChI is InChI=1S/C13H17BrN2O3S/c1-19-9-10-4-6-16(7-5-10)20(17,18)13-8-11(14)2-3-12(13)15/h2-4,8H,5-7,9,15H2,1H3. The molecule has 1 aliphatic rings. The van der Waals surface area contributed by atoms with Crippen LogP contribution in [0.4, 0.5) is 5.69 Å². The topological polar surface area (TPSA) is 72.6 Å². The normalized spacial score (nSPS) is 17.0. The number of rotatable bonds is 4. The maximum absolute atomic E-state index is 12.6. The summed E-state index contributed by atoms with van der Waals surface area (Å²) in [6, 6.07) is 4.85. The van der Waals surface area contributed by atoms with Crippen LogP contribution in [0.1, 0.15) is 6.42 Å². The number of hydrogen-bond donors (Lipinski definition) is 1. The van der Waals surface area contributed by atoms with Gasteiger partial charge < -0.3 is 10.5 Å². The van der Waals surface area contributed by atoms with E-state index in [1.807, 2.05) is 6.08 Å². The van der Waals surface area contributed by atoms with Gasteiger partial charge in [-0.3, -0.25) is 0 Å². The van der Waals surface area contributed by atoms with E-state index < -0.39 is 10.0 Å². The highest BCUT2D eigenvalue weighted by Gasteiger charge is 2.27. The predicted molar refractivity (Wildman–Crippen MR) is 81.9 cm³/mol. The molecule has 0 radical (unpaired) electrons. The summed E-state index contributed by atoms with van der Waals surface area (Å²) in [5, 5.41) is 0. The van der Waals surface area contributed by atoms with Gasteiger partial charge in [0.1, 0.15) is 4.90 Å². The van der Waals surface area contributed by atoms with Crippen LogP contribution < -0.4 is 5.73 Å². The number of methoxy groups -OCH3 is 1. The zero-order chi connectivity index (χ0) is 14.8. The number of nitrogens with zero attached hydrogens (tertiary/aromatic N) is 1. The summed E-state index contributed by atoms with van der Waals surface area (Å²) in [7, 11) is -1.93. The lowest BCUT2D eigenvalue weighted by atomic mass is 10.1. The second-order valence-corrected chi connectivity index (χ2v) is 7.41. The Morgan fingerprint density at radius 1 is 1.45 bits per heavy atom. The van der Waals surface area contributed by atoms with E-state index in [-0.39, 0.29) is 10.6 Å². The summed E-state index contributed by atoms with van der Waals surface area (Å²) in [6.45, 7) is 1.35. The zero-order valence-corrected chi connectivity index (χ0v) is 13.6. The van der Waals surface area contributed by atoms with Gasteiger partial charge in [0.05, 0.1) is 12.3 Å². The molecule has 0 amide bonds. The van der Waals surface area contributed by atoms with Crippen LogP contribution >= 0.6 is 15.9 Å². The van der Waals surface area contributed by atoms with Crippen LogP contribution in [0.3, 0.4) is 0 Å². The third kappa shape index (κ3) is 3.22. The number of nitrogens with two attached hydrogens (primary N) is 1. The third-order valence-electron chi connectivity index (χ3n) is 3.19. The molecule has 0 bridgehead atoms. The Kier molecular flexibility index (Phi) is 4.85. The van der Waals surface area contributed by atoms with Gasteiger partial charge >= 0.3 is 0 Å². The zero-order valence-electron chi connectivity index (χ0n) is 11.2. The Bertz CT molecular complexity index is 629. The van der Waals surface area contributed by atoms with Crippen molar-refractivity contribution < 1.29 is 13.2 Å². The van der Waals surface area contributed by atoms with Crippen molar-refractivity contribution in [3.05, 3.63) is 34.3 Å². The first-order valence-electron chi connectivity index (χ1n) is 6.17. The van der Waals surface area contributed by atoms with Gasteiger partial charge in [-0.2, -0.15) is 4.31 Å². The van der Waals surface area contributed by atoms with Crippen molar-refractivity contribution in [2.45, 2.75) is 11.3 Å². The maximum Gasteiger partial charge on any atom is 0.245 e. The number of nitrogen functional groups attached to an aromatic ring is 1. The van der Waals surface area contributed by atoms with E-state index in [0.717, 1.165) is 5.57 Å². The van der Waals surface area contributed by atoms with E-state index in [1.165, 1.54) is 4.31 Å². The molecule has 2 rings (SSSR count). The molecule has 0 aromatic heterocycles. The molecule has 2 N–H and O–H groups in total. The highest BCUT2D eigenvalue weighted by atomic mass is 79.9. The quantitative estimate of drug-likeness (QED) is 0.658. The first-order valence-corrected chi connectivity index (χ1v) is 8.40. The van der Waals surface area contributed by atoms with Crippen molar-refractivity contribution >= 4 is 31.6 Å². The van der Waals surface area contributed by atoms with Gasteiger partial charge in [0.25, 0.3) is 0 Å². The number of halogens is 1. The molecule has 0 spiro atoms. The van der Waals surface area contributed by atoms with E-state index in [1.54, 1.807) is 25.3 Å². The average Bonchev–Trinajstić information content (AvgIpc) is 2.42. The predicted octanol–water partition coefficient (Wildman–Crippen LogP) is 2.00. The molecule has 1 aromatic rings. The fraction of sp³-hybridized carbons (Fsp3) is 0.385. The SMILES string of the molecule is COCC1=CCN(S(=O)(=O)c2cc(Br)ccc2N)CC1. The van der Waals surface area contributed by atoms with E-state index in [0.29, 0.717) is 30.6 Å². The smallest absolute Gasteiger partial charge is 0.245 e. The van der Waals surface area contributed by atoms with Crippen molar-refractivity contribution in [3.63, 3.8) is 0 Å². The highest BCUT2D eigenvalue weighted by molar-refractivity contribution is 9.10. The van der Waals surface area contributed by atoms with Crippen LogP contribution in [0.2, 0.25) is 0 Å². The number of ether oxygens (including phenoxy) is 1. The first-order chi connectivity index (χ1) is 9.45. The van der Waals surface area contributed by atoms with E-state index in [2.05, 4.69) is 15.9 Å². The van der Waals surface area contributed by atoms with E-state index in [9.17, 15) is 8.42 Å². The van der Waals surface area contributed by atoms with E-state index in [4.69, 9.17) is 10.5 Å². The van der Waals surface area contributed by atoms with Gasteiger partial charge in [0.15, 0.2) is 0 Å². The lowest BCUT2D eigenvalue weighted by Crippen LogP contribution is -2.35. The summed E-state index contributed by atoms with van der Waals surface area (Å²) < 4.78 is 32.4. The molecule has 0 fully saturated rings. The molecule has 5 nitrogen and oxygen atoms in total. The lowest BCUT2D eigenvalue weighted by Gasteiger charge is -2.26. The summed E-state index contributed by atoms with van der Waals surface area (Å²) in [6.07, 6.45) is 2.58. The minimum atomic E-state index is -3.56. The fourth-order valence-electron chi connectivity index (χ4n) is 2.10. The Hall–Kier alpha value is -0.890. The van der Waals surface area contributed by atoms with Crippen molar-refractivity contribution in [2.24, 2.45) is 0 Å². The van der Waals surface area contributed by atoms with Crippen LogP contribution in [0, 0.1) is 0 Å². The average molecular weight is 361 g/mol. The number of sulfonamides is 1. The molecule has 0 atom stereocenters. The molecule has 0 saturated carbocycles. The number of anilines is 1. The molecule has 0 unspecified atom stereocenters. The molecule has 0 aliphatic carbocycles. The molecular formula is C13H17BrN2O3S. The van der Waals surface area contributed by atoms with Gasteiger partial charge in [-0.15, -0.1) is 0 Å². The molecule has 1 heterocycles. The molecule has 110 valence electrons. The van der Waals surface area contributed by atoms with Crippen molar-refractivity contribution in [1.29, 1.82) is 0 Å². The molecule has 20 heavy (non-hydrogen) atoms. The Balaban J connectivity index is 2.26. The monoisotopic (exact) mass is 360 g/mol. The van der Waals surface area contributed by atoms with Crippen molar-refractivity contribution in [3.8, 4) is 0 Å². The van der Waals surface area contributed by atoms with Crippen LogP contribution in [0.15, 0.2) is 39.2 Å². The molecular weight excluding hydrogens is 344 g/mol. The minimum Gasteiger partial charge on any atom is -0.398 e.